The van der Waals surface area contributed by atoms with E-state index in [9.17, 15) is 4.39 Å². The van der Waals surface area contributed by atoms with Gasteiger partial charge < -0.3 is 20.0 Å². The van der Waals surface area contributed by atoms with Gasteiger partial charge in [0.2, 0.25) is 11.8 Å². The highest BCUT2D eigenvalue weighted by molar-refractivity contribution is 6.03. The zero-order valence-corrected chi connectivity index (χ0v) is 19.0. The molecular formula is C24H28FN5O3. The van der Waals surface area contributed by atoms with Crippen molar-refractivity contribution in [1.29, 1.82) is 0 Å². The Balaban J connectivity index is 1.70. The summed E-state index contributed by atoms with van der Waals surface area (Å²) in [7, 11) is 3.18. The number of rotatable bonds is 7. The molecule has 2 aromatic rings. The van der Waals surface area contributed by atoms with Crippen LogP contribution in [0.4, 0.5) is 10.3 Å². The molecule has 2 aliphatic rings. The lowest BCUT2D eigenvalue weighted by Gasteiger charge is -2.35. The first kappa shape index (κ1) is 22.8. The van der Waals surface area contributed by atoms with Crippen molar-refractivity contribution in [1.82, 2.24) is 15.0 Å². The van der Waals surface area contributed by atoms with Gasteiger partial charge in [0.15, 0.2) is 0 Å². The van der Waals surface area contributed by atoms with E-state index in [0.717, 1.165) is 28.4 Å². The summed E-state index contributed by atoms with van der Waals surface area (Å²) >= 11 is 0. The molecule has 2 unspecified atom stereocenters. The van der Waals surface area contributed by atoms with Crippen LogP contribution in [0.2, 0.25) is 0 Å². The van der Waals surface area contributed by atoms with E-state index >= 15 is 0 Å². The third-order valence-corrected chi connectivity index (χ3v) is 6.01. The molecule has 2 aromatic heterocycles. The number of hydrogen-bond acceptors (Lipinski definition) is 8. The van der Waals surface area contributed by atoms with E-state index in [-0.39, 0.29) is 29.5 Å². The molecule has 9 heteroatoms. The standard InChI is InChI=1S/C24H28FN5O3/c1-14-23-20(29-24(26)27-14)11-15(12-21(23)30-33-10-9-31-2)17-8-7-16(25)13-18(17)19-5-4-6-22(28-19)32-3/h4-8,13,15,17-18H,9-12H2,1-3H3,(H2,26,27,29)/b30-21+/t15-,17?,18?/m1/s1. The van der Waals surface area contributed by atoms with Gasteiger partial charge in [-0.25, -0.2) is 19.3 Å². The van der Waals surface area contributed by atoms with Crippen molar-refractivity contribution < 1.29 is 18.7 Å². The van der Waals surface area contributed by atoms with E-state index in [2.05, 4.69) is 20.1 Å². The molecule has 8 nitrogen and oxygen atoms in total. The molecule has 0 fully saturated rings. The molecule has 3 atom stereocenters. The largest absolute Gasteiger partial charge is 0.481 e. The van der Waals surface area contributed by atoms with Crippen LogP contribution >= 0.6 is 0 Å². The van der Waals surface area contributed by atoms with Crippen LogP contribution in [0.25, 0.3) is 0 Å². The van der Waals surface area contributed by atoms with Crippen molar-refractivity contribution in [3.05, 3.63) is 64.9 Å². The second kappa shape index (κ2) is 10.1. The Morgan fingerprint density at radius 3 is 2.79 bits per heavy atom. The van der Waals surface area contributed by atoms with Crippen molar-refractivity contribution >= 4 is 11.7 Å². The molecule has 0 bridgehead atoms. The van der Waals surface area contributed by atoms with E-state index < -0.39 is 0 Å². The maximum atomic E-state index is 14.3. The zero-order chi connectivity index (χ0) is 23.4. The molecule has 174 valence electrons. The molecule has 0 spiro atoms. The van der Waals surface area contributed by atoms with Crippen molar-refractivity contribution in [3.8, 4) is 5.88 Å². The van der Waals surface area contributed by atoms with Crippen LogP contribution in [0.3, 0.4) is 0 Å². The topological polar surface area (TPSA) is 105 Å². The number of allylic oxidation sites excluding steroid dienone is 4. The lowest BCUT2D eigenvalue weighted by atomic mass is 9.70. The molecule has 2 heterocycles. The average Bonchev–Trinajstić information content (AvgIpc) is 2.81. The number of anilines is 1. The number of nitrogen functional groups attached to an aromatic ring is 1. The van der Waals surface area contributed by atoms with Crippen LogP contribution in [0.1, 0.15) is 35.0 Å². The molecule has 0 aromatic carbocycles. The fraction of sp³-hybridized carbons (Fsp3) is 0.417. The second-order valence-electron chi connectivity index (χ2n) is 8.14. The molecule has 2 N–H and O–H groups in total. The van der Waals surface area contributed by atoms with Gasteiger partial charge in [-0.2, -0.15) is 0 Å². The van der Waals surface area contributed by atoms with Gasteiger partial charge in [0.1, 0.15) is 12.4 Å². The number of methoxy groups -OCH3 is 2. The third-order valence-electron chi connectivity index (χ3n) is 6.01. The highest BCUT2D eigenvalue weighted by Gasteiger charge is 2.37. The van der Waals surface area contributed by atoms with E-state index in [0.29, 0.717) is 31.9 Å². The van der Waals surface area contributed by atoms with E-state index in [1.165, 1.54) is 6.08 Å². The summed E-state index contributed by atoms with van der Waals surface area (Å²) in [6.45, 7) is 2.66. The Kier molecular flexibility index (Phi) is 6.98. The first-order chi connectivity index (χ1) is 16.0. The van der Waals surface area contributed by atoms with Crippen molar-refractivity contribution in [2.45, 2.75) is 25.7 Å². The lowest BCUT2D eigenvalue weighted by molar-refractivity contribution is 0.0745. The second-order valence-corrected chi connectivity index (χ2v) is 8.14. The van der Waals surface area contributed by atoms with Crippen molar-refractivity contribution in [3.63, 3.8) is 0 Å². The van der Waals surface area contributed by atoms with Crippen LogP contribution in [0.15, 0.2) is 47.4 Å². The number of halogens is 1. The van der Waals surface area contributed by atoms with Crippen LogP contribution < -0.4 is 10.5 Å². The molecule has 0 radical (unpaired) electrons. The third kappa shape index (κ3) is 5.03. The predicted octanol–water partition coefficient (Wildman–Crippen LogP) is 3.52. The van der Waals surface area contributed by atoms with Crippen LogP contribution in [0.5, 0.6) is 5.88 Å². The Labute approximate surface area is 192 Å². The summed E-state index contributed by atoms with van der Waals surface area (Å²) in [5.41, 5.74) is 9.92. The monoisotopic (exact) mass is 453 g/mol. The molecule has 4 rings (SSSR count). The predicted molar refractivity (Wildman–Crippen MR) is 123 cm³/mol. The summed E-state index contributed by atoms with van der Waals surface area (Å²) in [5.74, 6) is 0.229. The Hall–Kier alpha value is -3.33. The molecule has 33 heavy (non-hydrogen) atoms. The zero-order valence-electron chi connectivity index (χ0n) is 19.0. The van der Waals surface area contributed by atoms with Crippen LogP contribution in [-0.2, 0) is 16.0 Å². The molecule has 0 saturated heterocycles. The number of hydrogen-bond donors (Lipinski definition) is 1. The summed E-state index contributed by atoms with van der Waals surface area (Å²) in [6.07, 6.45) is 6.33. The minimum atomic E-state index is -0.281. The van der Waals surface area contributed by atoms with Crippen molar-refractivity contribution in [2.75, 3.05) is 33.2 Å². The maximum Gasteiger partial charge on any atom is 0.220 e. The van der Waals surface area contributed by atoms with Crippen LogP contribution in [-0.4, -0.2) is 48.1 Å². The highest BCUT2D eigenvalue weighted by atomic mass is 19.1. The molecule has 0 amide bonds. The number of oxime groups is 1. The number of nitrogens with zero attached hydrogens (tertiary/aromatic N) is 4. The smallest absolute Gasteiger partial charge is 0.220 e. The number of nitrogens with two attached hydrogens (primary N) is 1. The number of aromatic nitrogens is 3. The SMILES string of the molecule is COCCO/N=C1\C[C@H](C2C=CC(F)=CC2c2cccc(OC)n2)Cc2nc(N)nc(C)c21. The Bertz CT molecular complexity index is 1100. The van der Waals surface area contributed by atoms with Gasteiger partial charge >= 0.3 is 0 Å². The number of fused-ring (bicyclic) bond motifs is 1. The van der Waals surface area contributed by atoms with Gasteiger partial charge in [0.25, 0.3) is 0 Å². The van der Waals surface area contributed by atoms with Crippen molar-refractivity contribution in [2.24, 2.45) is 17.0 Å². The fourth-order valence-corrected chi connectivity index (χ4v) is 4.57. The van der Waals surface area contributed by atoms with Gasteiger partial charge in [0.05, 0.1) is 36.5 Å². The first-order valence-electron chi connectivity index (χ1n) is 10.9. The summed E-state index contributed by atoms with van der Waals surface area (Å²) < 4.78 is 24.7. The quantitative estimate of drug-likeness (QED) is 0.505. The minimum absolute atomic E-state index is 0.0297. The van der Waals surface area contributed by atoms with E-state index in [1.807, 2.05) is 25.1 Å². The minimum Gasteiger partial charge on any atom is -0.481 e. The first-order valence-corrected chi connectivity index (χ1v) is 10.9. The summed E-state index contributed by atoms with van der Waals surface area (Å²) in [5, 5.41) is 4.40. The van der Waals surface area contributed by atoms with Gasteiger partial charge in [-0.1, -0.05) is 17.3 Å². The molecule has 0 saturated carbocycles. The highest BCUT2D eigenvalue weighted by Crippen LogP contribution is 2.42. The Morgan fingerprint density at radius 1 is 1.15 bits per heavy atom. The summed E-state index contributed by atoms with van der Waals surface area (Å²) in [4.78, 5) is 18.9. The summed E-state index contributed by atoms with van der Waals surface area (Å²) in [6, 6.07) is 5.54. The van der Waals surface area contributed by atoms with Gasteiger partial charge in [-0.15, -0.1) is 0 Å². The van der Waals surface area contributed by atoms with E-state index in [1.54, 1.807) is 26.4 Å². The van der Waals surface area contributed by atoms with Crippen LogP contribution in [0, 0.1) is 18.8 Å². The molecule has 2 aliphatic carbocycles. The Morgan fingerprint density at radius 2 is 2.00 bits per heavy atom. The van der Waals surface area contributed by atoms with E-state index in [4.69, 9.17) is 20.0 Å². The van der Waals surface area contributed by atoms with Gasteiger partial charge in [-0.3, -0.25) is 0 Å². The number of ether oxygens (including phenoxy) is 2. The number of pyridine rings is 1. The average molecular weight is 454 g/mol. The molecule has 0 aliphatic heterocycles. The van der Waals surface area contributed by atoms with Gasteiger partial charge in [0, 0.05) is 24.7 Å². The lowest BCUT2D eigenvalue weighted by Crippen LogP contribution is -2.32. The molecular weight excluding hydrogens is 425 g/mol. The maximum absolute atomic E-state index is 14.3. The normalized spacial score (nSPS) is 23.2. The van der Waals surface area contributed by atoms with Gasteiger partial charge in [-0.05, 0) is 49.8 Å². The number of aryl methyl sites for hydroxylation is 1. The fourth-order valence-electron chi connectivity index (χ4n) is 4.57.